The molecular formula is C16H12Cl4N2O6. The molecule has 0 aromatic heterocycles. The van der Waals surface area contributed by atoms with Crippen LogP contribution in [0.15, 0.2) is 24.3 Å². The summed E-state index contributed by atoms with van der Waals surface area (Å²) < 4.78 is 8.89. The molecule has 0 radical (unpaired) electrons. The topological polar surface area (TPSA) is 122 Å². The fourth-order valence-electron chi connectivity index (χ4n) is 1.83. The Labute approximate surface area is 179 Å². The summed E-state index contributed by atoms with van der Waals surface area (Å²) in [5.74, 6) is -1.41. The van der Waals surface area contributed by atoms with Crippen molar-refractivity contribution in [1.29, 1.82) is 0 Å². The SMILES string of the molecule is COC(=O)c1c(Cl)ccc(N)c1Cl.COC(=O)c1c(Cl)ccc([N+](=O)[O-])c1Cl. The molecule has 2 N–H and O–H groups in total. The van der Waals surface area contributed by atoms with E-state index >= 15 is 0 Å². The summed E-state index contributed by atoms with van der Waals surface area (Å²) in [6, 6.07) is 5.36. The number of nitrogens with zero attached hydrogens (tertiary/aromatic N) is 1. The van der Waals surface area contributed by atoms with Gasteiger partial charge in [-0.3, -0.25) is 10.1 Å². The van der Waals surface area contributed by atoms with Crippen molar-refractivity contribution in [2.45, 2.75) is 0 Å². The molecular weight excluding hydrogens is 458 g/mol. The largest absolute Gasteiger partial charge is 0.465 e. The molecule has 8 nitrogen and oxygen atoms in total. The van der Waals surface area contributed by atoms with E-state index in [1.807, 2.05) is 0 Å². The Kier molecular flexibility index (Phi) is 8.77. The van der Waals surface area contributed by atoms with Crippen molar-refractivity contribution in [1.82, 2.24) is 0 Å². The van der Waals surface area contributed by atoms with Crippen molar-refractivity contribution in [2.24, 2.45) is 0 Å². The van der Waals surface area contributed by atoms with Crippen molar-refractivity contribution in [2.75, 3.05) is 20.0 Å². The van der Waals surface area contributed by atoms with E-state index in [0.29, 0.717) is 5.69 Å². The summed E-state index contributed by atoms with van der Waals surface area (Å²) in [6.07, 6.45) is 0. The fraction of sp³-hybridized carbons (Fsp3) is 0.125. The molecule has 0 aliphatic heterocycles. The number of nitro benzene ring substituents is 1. The van der Waals surface area contributed by atoms with Gasteiger partial charge in [0.2, 0.25) is 0 Å². The molecule has 0 bridgehead atoms. The normalized spacial score (nSPS) is 9.79. The van der Waals surface area contributed by atoms with Gasteiger partial charge >= 0.3 is 11.9 Å². The Bertz CT molecular complexity index is 936. The molecule has 2 aromatic rings. The third kappa shape index (κ3) is 5.39. The van der Waals surface area contributed by atoms with Crippen LogP contribution in [0.2, 0.25) is 20.1 Å². The molecule has 28 heavy (non-hydrogen) atoms. The monoisotopic (exact) mass is 468 g/mol. The highest BCUT2D eigenvalue weighted by Gasteiger charge is 2.23. The van der Waals surface area contributed by atoms with Crippen molar-refractivity contribution >= 4 is 69.7 Å². The molecule has 12 heteroatoms. The first kappa shape index (κ1) is 23.8. The van der Waals surface area contributed by atoms with Crippen molar-refractivity contribution in [3.63, 3.8) is 0 Å². The van der Waals surface area contributed by atoms with Gasteiger partial charge in [0.15, 0.2) is 0 Å². The third-order valence-corrected chi connectivity index (χ3v) is 4.59. The van der Waals surface area contributed by atoms with E-state index in [9.17, 15) is 19.7 Å². The van der Waals surface area contributed by atoms with Gasteiger partial charge in [-0.2, -0.15) is 0 Å². The minimum absolute atomic E-state index is 0.0115. The van der Waals surface area contributed by atoms with Crippen LogP contribution >= 0.6 is 46.4 Å². The molecule has 0 fully saturated rings. The quantitative estimate of drug-likeness (QED) is 0.288. The zero-order chi connectivity index (χ0) is 21.6. The fourth-order valence-corrected chi connectivity index (χ4v) is 2.95. The van der Waals surface area contributed by atoms with Crippen molar-refractivity contribution in [3.8, 4) is 0 Å². The number of nitrogen functional groups attached to an aromatic ring is 1. The van der Waals surface area contributed by atoms with Crippen LogP contribution in [0, 0.1) is 10.1 Å². The lowest BCUT2D eigenvalue weighted by molar-refractivity contribution is -0.384. The van der Waals surface area contributed by atoms with Crippen LogP contribution in [0.1, 0.15) is 20.7 Å². The molecule has 150 valence electrons. The molecule has 0 spiro atoms. The number of hydrogen-bond acceptors (Lipinski definition) is 7. The van der Waals surface area contributed by atoms with Gasteiger partial charge in [-0.1, -0.05) is 46.4 Å². The molecule has 0 atom stereocenters. The first-order chi connectivity index (χ1) is 13.1. The van der Waals surface area contributed by atoms with Crippen LogP contribution < -0.4 is 5.73 Å². The van der Waals surface area contributed by atoms with Crippen LogP contribution in [0.5, 0.6) is 0 Å². The van der Waals surface area contributed by atoms with Crippen LogP contribution in [0.4, 0.5) is 11.4 Å². The van der Waals surface area contributed by atoms with Crippen LogP contribution in [-0.2, 0) is 9.47 Å². The number of methoxy groups -OCH3 is 2. The molecule has 0 amide bonds. The highest BCUT2D eigenvalue weighted by atomic mass is 35.5. The minimum Gasteiger partial charge on any atom is -0.465 e. The zero-order valence-electron chi connectivity index (χ0n) is 14.3. The van der Waals surface area contributed by atoms with E-state index in [0.717, 1.165) is 13.2 Å². The molecule has 2 aromatic carbocycles. The molecule has 0 saturated carbocycles. The maximum Gasteiger partial charge on any atom is 0.341 e. The maximum atomic E-state index is 11.2. The summed E-state index contributed by atoms with van der Waals surface area (Å²) in [5, 5.41) is 10.6. The van der Waals surface area contributed by atoms with Gasteiger partial charge in [-0.25, -0.2) is 9.59 Å². The second-order valence-electron chi connectivity index (χ2n) is 4.82. The number of halogens is 4. The van der Waals surface area contributed by atoms with Crippen molar-refractivity contribution < 1.29 is 24.0 Å². The molecule has 2 rings (SSSR count). The predicted molar refractivity (Wildman–Crippen MR) is 107 cm³/mol. The van der Waals surface area contributed by atoms with Crippen LogP contribution in [-0.4, -0.2) is 31.1 Å². The van der Waals surface area contributed by atoms with Crippen molar-refractivity contribution in [3.05, 3.63) is 65.6 Å². The number of carbonyl (C=O) groups excluding carboxylic acids is 2. The van der Waals surface area contributed by atoms with Crippen LogP contribution in [0.3, 0.4) is 0 Å². The number of esters is 2. The average molecular weight is 470 g/mol. The van der Waals surface area contributed by atoms with E-state index in [1.165, 1.54) is 25.3 Å². The Morgan fingerprint density at radius 1 is 0.893 bits per heavy atom. The average Bonchev–Trinajstić information content (AvgIpc) is 2.64. The number of hydrogen-bond donors (Lipinski definition) is 1. The number of nitrogens with two attached hydrogens (primary N) is 1. The van der Waals surface area contributed by atoms with E-state index in [4.69, 9.17) is 52.1 Å². The molecule has 0 aliphatic rings. The second-order valence-corrected chi connectivity index (χ2v) is 6.39. The first-order valence-corrected chi connectivity index (χ1v) is 8.60. The summed E-state index contributed by atoms with van der Waals surface area (Å²) >= 11 is 22.8. The number of benzene rings is 2. The summed E-state index contributed by atoms with van der Waals surface area (Å²) in [6.45, 7) is 0. The lowest BCUT2D eigenvalue weighted by atomic mass is 10.2. The van der Waals surface area contributed by atoms with Gasteiger partial charge in [-0.15, -0.1) is 0 Å². The number of ether oxygens (including phenoxy) is 2. The van der Waals surface area contributed by atoms with Gasteiger partial charge in [-0.05, 0) is 18.2 Å². The minimum atomic E-state index is -0.811. The molecule has 0 saturated heterocycles. The van der Waals surface area contributed by atoms with E-state index in [-0.39, 0.29) is 36.9 Å². The van der Waals surface area contributed by atoms with E-state index in [2.05, 4.69) is 9.47 Å². The number of nitro groups is 1. The summed E-state index contributed by atoms with van der Waals surface area (Å²) in [7, 11) is 2.38. The lowest BCUT2D eigenvalue weighted by Gasteiger charge is -2.06. The number of rotatable bonds is 3. The highest BCUT2D eigenvalue weighted by molar-refractivity contribution is 6.41. The Hall–Kier alpha value is -2.26. The second kappa shape index (κ2) is 10.3. The predicted octanol–water partition coefficient (Wildman–Crippen LogP) is 5.05. The Morgan fingerprint density at radius 2 is 1.32 bits per heavy atom. The summed E-state index contributed by atoms with van der Waals surface area (Å²) in [5.41, 5.74) is 5.30. The molecule has 0 unspecified atom stereocenters. The lowest BCUT2D eigenvalue weighted by Crippen LogP contribution is -2.04. The number of anilines is 1. The van der Waals surface area contributed by atoms with Gasteiger partial charge in [0.1, 0.15) is 10.6 Å². The smallest absolute Gasteiger partial charge is 0.341 e. The Morgan fingerprint density at radius 3 is 1.75 bits per heavy atom. The van der Waals surface area contributed by atoms with Gasteiger partial charge < -0.3 is 15.2 Å². The van der Waals surface area contributed by atoms with Gasteiger partial charge in [0.05, 0.1) is 45.5 Å². The zero-order valence-corrected chi connectivity index (χ0v) is 17.3. The first-order valence-electron chi connectivity index (χ1n) is 7.09. The van der Waals surface area contributed by atoms with E-state index < -0.39 is 16.9 Å². The van der Waals surface area contributed by atoms with Gasteiger partial charge in [0.25, 0.3) is 5.69 Å². The standard InChI is InChI=1S/C8H5Cl2NO4.C8H7Cl2NO2/c1-15-8(12)6-4(9)2-3-5(7(6)10)11(13)14;1-13-8(12)6-4(9)2-3-5(11)7(6)10/h2-3H,1H3;2-3H,11H2,1H3. The van der Waals surface area contributed by atoms with Crippen LogP contribution in [0.25, 0.3) is 0 Å². The highest BCUT2D eigenvalue weighted by Crippen LogP contribution is 2.33. The summed E-state index contributed by atoms with van der Waals surface area (Å²) in [4.78, 5) is 32.2. The van der Waals surface area contributed by atoms with E-state index in [1.54, 1.807) is 0 Å². The van der Waals surface area contributed by atoms with Gasteiger partial charge in [0, 0.05) is 6.07 Å². The maximum absolute atomic E-state index is 11.2. The molecule has 0 heterocycles. The Balaban J connectivity index is 0.000000283. The molecule has 0 aliphatic carbocycles. The number of carbonyl (C=O) groups is 2. The third-order valence-electron chi connectivity index (χ3n) is 3.17.